The summed E-state index contributed by atoms with van der Waals surface area (Å²) in [5.74, 6) is 0.844. The Labute approximate surface area is 159 Å². The van der Waals surface area contributed by atoms with Gasteiger partial charge in [0.2, 0.25) is 0 Å². The van der Waals surface area contributed by atoms with Crippen molar-refractivity contribution in [3.8, 4) is 11.4 Å². The van der Waals surface area contributed by atoms with Crippen LogP contribution in [0, 0.1) is 0 Å². The van der Waals surface area contributed by atoms with Crippen LogP contribution in [0.5, 0.6) is 0 Å². The van der Waals surface area contributed by atoms with E-state index in [4.69, 9.17) is 0 Å². The smallest absolute Gasteiger partial charge is 0.272 e. The van der Waals surface area contributed by atoms with Crippen LogP contribution >= 0.6 is 0 Å². The molecule has 0 saturated heterocycles. The molecular weight excluding hydrogens is 338 g/mol. The van der Waals surface area contributed by atoms with Gasteiger partial charge in [0.15, 0.2) is 0 Å². The maximum Gasteiger partial charge on any atom is 0.272 e. The number of amides is 1. The predicted octanol–water partition coefficient (Wildman–Crippen LogP) is 3.53. The van der Waals surface area contributed by atoms with E-state index in [-0.39, 0.29) is 5.91 Å². The molecule has 0 fully saturated rings. The molecular formula is C21H25N5O. The van der Waals surface area contributed by atoms with E-state index in [1.807, 2.05) is 56.7 Å². The highest BCUT2D eigenvalue weighted by Gasteiger charge is 2.16. The van der Waals surface area contributed by atoms with Crippen LogP contribution in [0.1, 0.15) is 34.7 Å². The monoisotopic (exact) mass is 363 g/mol. The number of anilines is 1. The first-order valence-corrected chi connectivity index (χ1v) is 9.39. The van der Waals surface area contributed by atoms with E-state index in [0.717, 1.165) is 42.3 Å². The van der Waals surface area contributed by atoms with Gasteiger partial charge in [-0.2, -0.15) is 0 Å². The Balaban J connectivity index is 1.52. The molecule has 0 saturated carbocycles. The van der Waals surface area contributed by atoms with Crippen LogP contribution in [0.25, 0.3) is 11.4 Å². The minimum atomic E-state index is -0.137. The van der Waals surface area contributed by atoms with E-state index in [9.17, 15) is 4.79 Å². The maximum absolute atomic E-state index is 12.6. The number of aromatic amines is 1. The normalized spacial score (nSPS) is 13.6. The lowest BCUT2D eigenvalue weighted by atomic mass is 10.1. The third kappa shape index (κ3) is 3.80. The molecule has 1 aliphatic heterocycles. The number of benzene rings is 1. The van der Waals surface area contributed by atoms with Crippen molar-refractivity contribution in [3.05, 3.63) is 59.7 Å². The molecule has 0 aliphatic carbocycles. The number of carbonyl (C=O) groups is 1. The molecule has 6 nitrogen and oxygen atoms in total. The van der Waals surface area contributed by atoms with Gasteiger partial charge >= 0.3 is 0 Å². The van der Waals surface area contributed by atoms with Gasteiger partial charge in [-0.25, -0.2) is 4.98 Å². The molecule has 4 rings (SSSR count). The Hall–Kier alpha value is -2.86. The van der Waals surface area contributed by atoms with E-state index in [1.165, 1.54) is 18.5 Å². The number of nitrogens with zero attached hydrogens (tertiary/aromatic N) is 3. The van der Waals surface area contributed by atoms with Gasteiger partial charge in [0.25, 0.3) is 5.91 Å². The van der Waals surface area contributed by atoms with E-state index in [0.29, 0.717) is 5.69 Å². The second-order valence-electron chi connectivity index (χ2n) is 7.35. The summed E-state index contributed by atoms with van der Waals surface area (Å²) in [5.41, 5.74) is 4.68. The number of rotatable bonds is 5. The zero-order chi connectivity index (χ0) is 18.8. The fourth-order valence-corrected chi connectivity index (χ4v) is 3.61. The van der Waals surface area contributed by atoms with Crippen molar-refractivity contribution in [2.45, 2.75) is 32.4 Å². The summed E-state index contributed by atoms with van der Waals surface area (Å²) in [4.78, 5) is 22.4. The number of fused-ring (bicyclic) bond motifs is 1. The molecule has 0 radical (unpaired) electrons. The highest BCUT2D eigenvalue weighted by atomic mass is 16.1. The number of H-pyrrole nitrogens is 1. The standard InChI is InChI=1S/C21H25N5O/c1-25(2)14-17-9-10-19(23-17)21(27)24-16-7-5-6-15(12-16)20-22-13-18-8-3-4-11-26(18)20/h5-7,9-10,12-13,23H,3-4,8,11,14H2,1-2H3,(H,24,27). The zero-order valence-corrected chi connectivity index (χ0v) is 15.8. The van der Waals surface area contributed by atoms with Gasteiger partial charge in [-0.1, -0.05) is 12.1 Å². The van der Waals surface area contributed by atoms with Crippen LogP contribution in [0.15, 0.2) is 42.6 Å². The quantitative estimate of drug-likeness (QED) is 0.729. The van der Waals surface area contributed by atoms with Gasteiger partial charge in [0, 0.05) is 41.9 Å². The molecule has 0 spiro atoms. The average Bonchev–Trinajstić information content (AvgIpc) is 3.28. The van der Waals surface area contributed by atoms with Crippen LogP contribution in [-0.2, 0) is 19.5 Å². The molecule has 2 aromatic heterocycles. The van der Waals surface area contributed by atoms with E-state index >= 15 is 0 Å². The molecule has 3 aromatic rings. The molecule has 0 bridgehead atoms. The maximum atomic E-state index is 12.6. The Morgan fingerprint density at radius 1 is 1.26 bits per heavy atom. The SMILES string of the molecule is CN(C)Cc1ccc(C(=O)Nc2cccc(-c3ncc4n3CCCC4)c2)[nH]1. The topological polar surface area (TPSA) is 66.0 Å². The van der Waals surface area contributed by atoms with E-state index < -0.39 is 0 Å². The van der Waals surface area contributed by atoms with Gasteiger partial charge in [-0.05, 0) is 57.6 Å². The highest BCUT2D eigenvalue weighted by molar-refractivity contribution is 6.03. The molecule has 140 valence electrons. The highest BCUT2D eigenvalue weighted by Crippen LogP contribution is 2.26. The van der Waals surface area contributed by atoms with Crippen LogP contribution in [0.3, 0.4) is 0 Å². The molecule has 1 amide bonds. The molecule has 6 heteroatoms. The van der Waals surface area contributed by atoms with Crippen molar-refractivity contribution in [1.82, 2.24) is 19.4 Å². The second kappa shape index (κ2) is 7.40. The first-order valence-electron chi connectivity index (χ1n) is 9.39. The van der Waals surface area contributed by atoms with Gasteiger partial charge < -0.3 is 19.8 Å². The molecule has 1 aliphatic rings. The second-order valence-corrected chi connectivity index (χ2v) is 7.35. The van der Waals surface area contributed by atoms with Gasteiger partial charge in [-0.3, -0.25) is 4.79 Å². The fourth-order valence-electron chi connectivity index (χ4n) is 3.61. The average molecular weight is 363 g/mol. The number of carbonyl (C=O) groups excluding carboxylic acids is 1. The Bertz CT molecular complexity index is 953. The van der Waals surface area contributed by atoms with Crippen LogP contribution in [-0.4, -0.2) is 39.4 Å². The van der Waals surface area contributed by atoms with E-state index in [1.54, 1.807) is 0 Å². The van der Waals surface area contributed by atoms with Gasteiger partial charge in [0.1, 0.15) is 11.5 Å². The van der Waals surface area contributed by atoms with Crippen LogP contribution in [0.4, 0.5) is 5.69 Å². The lowest BCUT2D eigenvalue weighted by Gasteiger charge is -2.16. The number of nitrogens with one attached hydrogen (secondary N) is 2. The van der Waals surface area contributed by atoms with Crippen molar-refractivity contribution in [1.29, 1.82) is 0 Å². The summed E-state index contributed by atoms with van der Waals surface area (Å²) in [7, 11) is 4.00. The van der Waals surface area contributed by atoms with E-state index in [2.05, 4.69) is 24.8 Å². The summed E-state index contributed by atoms with van der Waals surface area (Å²) in [6.45, 7) is 1.78. The minimum Gasteiger partial charge on any atom is -0.353 e. The molecule has 0 atom stereocenters. The van der Waals surface area contributed by atoms with Crippen molar-refractivity contribution in [2.75, 3.05) is 19.4 Å². The molecule has 0 unspecified atom stereocenters. The van der Waals surface area contributed by atoms with Crippen molar-refractivity contribution < 1.29 is 4.79 Å². The number of hydrogen-bond donors (Lipinski definition) is 2. The van der Waals surface area contributed by atoms with Crippen molar-refractivity contribution in [2.24, 2.45) is 0 Å². The molecule has 3 heterocycles. The molecule has 1 aromatic carbocycles. The Kier molecular flexibility index (Phi) is 4.81. The van der Waals surface area contributed by atoms with Crippen LogP contribution < -0.4 is 5.32 Å². The number of hydrogen-bond acceptors (Lipinski definition) is 3. The van der Waals surface area contributed by atoms with Gasteiger partial charge in [0.05, 0.1) is 0 Å². The largest absolute Gasteiger partial charge is 0.353 e. The van der Waals surface area contributed by atoms with Gasteiger partial charge in [-0.15, -0.1) is 0 Å². The first-order chi connectivity index (χ1) is 13.1. The Morgan fingerprint density at radius 3 is 3.00 bits per heavy atom. The lowest BCUT2D eigenvalue weighted by Crippen LogP contribution is -2.14. The summed E-state index contributed by atoms with van der Waals surface area (Å²) < 4.78 is 2.29. The first kappa shape index (κ1) is 17.5. The number of imidazole rings is 1. The number of aryl methyl sites for hydroxylation is 1. The molecule has 2 N–H and O–H groups in total. The zero-order valence-electron chi connectivity index (χ0n) is 15.8. The predicted molar refractivity (Wildman–Crippen MR) is 107 cm³/mol. The van der Waals surface area contributed by atoms with Crippen LogP contribution in [0.2, 0.25) is 0 Å². The fraction of sp³-hybridized carbons (Fsp3) is 0.333. The third-order valence-electron chi connectivity index (χ3n) is 4.86. The van der Waals surface area contributed by atoms with Crippen molar-refractivity contribution in [3.63, 3.8) is 0 Å². The third-order valence-corrected chi connectivity index (χ3v) is 4.86. The number of aromatic nitrogens is 3. The minimum absolute atomic E-state index is 0.137. The Morgan fingerprint density at radius 2 is 2.15 bits per heavy atom. The lowest BCUT2D eigenvalue weighted by molar-refractivity contribution is 0.102. The van der Waals surface area contributed by atoms with Crippen molar-refractivity contribution >= 4 is 11.6 Å². The summed E-state index contributed by atoms with van der Waals surface area (Å²) >= 11 is 0. The summed E-state index contributed by atoms with van der Waals surface area (Å²) in [6, 6.07) is 11.7. The molecule has 27 heavy (non-hydrogen) atoms. The summed E-state index contributed by atoms with van der Waals surface area (Å²) in [6.07, 6.45) is 5.48. The summed E-state index contributed by atoms with van der Waals surface area (Å²) in [5, 5.41) is 2.99.